The van der Waals surface area contributed by atoms with E-state index in [1.165, 1.54) is 0 Å². The number of amides is 2. The van der Waals surface area contributed by atoms with E-state index in [0.717, 1.165) is 19.3 Å². The molecule has 2 bridgehead atoms. The molecule has 33 heavy (non-hydrogen) atoms. The Hall–Kier alpha value is -3.26. The molecule has 0 spiro atoms. The van der Waals surface area contributed by atoms with Gasteiger partial charge in [0.15, 0.2) is 0 Å². The number of aromatic nitrogens is 2. The van der Waals surface area contributed by atoms with E-state index < -0.39 is 23.9 Å². The number of carbonyl (C=O) groups is 2. The lowest BCUT2D eigenvalue weighted by Crippen LogP contribution is -2.49. The quantitative estimate of drug-likeness (QED) is 0.725. The van der Waals surface area contributed by atoms with Crippen LogP contribution in [-0.2, 0) is 11.3 Å². The van der Waals surface area contributed by atoms with Gasteiger partial charge in [-0.1, -0.05) is 18.2 Å². The molecule has 4 heterocycles. The Balaban J connectivity index is 1.62. The molecule has 1 saturated carbocycles. The fraction of sp³-hybridized carbons (Fsp3) is 0.440. The smallest absolute Gasteiger partial charge is 0.273 e. The second kappa shape index (κ2) is 8.59. The number of nitrogens with one attached hydrogen (secondary N) is 1. The molecule has 2 aromatic heterocycles. The second-order valence-electron chi connectivity index (χ2n) is 9.08. The second-order valence-corrected chi connectivity index (χ2v) is 9.08. The third kappa shape index (κ3) is 3.49. The third-order valence-corrected chi connectivity index (χ3v) is 7.29. The average molecular weight is 449 g/mol. The molecule has 2 aliphatic heterocycles. The number of hydrogen-bond acceptors (Lipinski definition) is 5. The molecule has 2 amide bonds. The summed E-state index contributed by atoms with van der Waals surface area (Å²) < 4.78 is 1.67. The van der Waals surface area contributed by atoms with Crippen molar-refractivity contribution in [1.29, 1.82) is 0 Å². The Kier molecular flexibility index (Phi) is 5.62. The fourth-order valence-corrected chi connectivity index (χ4v) is 5.48. The zero-order valence-electron chi connectivity index (χ0n) is 18.6. The highest BCUT2D eigenvalue weighted by Gasteiger charge is 2.57. The van der Waals surface area contributed by atoms with Gasteiger partial charge in [0, 0.05) is 42.6 Å². The van der Waals surface area contributed by atoms with E-state index >= 15 is 0 Å². The first-order valence-electron chi connectivity index (χ1n) is 11.6. The van der Waals surface area contributed by atoms with Gasteiger partial charge in [0.05, 0.1) is 18.0 Å². The average Bonchev–Trinajstić information content (AvgIpc) is 3.05. The Morgan fingerprint density at radius 1 is 1.24 bits per heavy atom. The molecule has 0 aromatic carbocycles. The topological polar surface area (TPSA) is 105 Å². The van der Waals surface area contributed by atoms with Gasteiger partial charge >= 0.3 is 0 Å². The molecule has 5 rings (SSSR count). The monoisotopic (exact) mass is 448 g/mol. The maximum Gasteiger partial charge on any atom is 0.273 e. The largest absolute Gasteiger partial charge is 0.396 e. The van der Waals surface area contributed by atoms with Crippen LogP contribution in [0.15, 0.2) is 47.4 Å². The molecule has 8 heteroatoms. The van der Waals surface area contributed by atoms with Gasteiger partial charge in [-0.2, -0.15) is 0 Å². The molecule has 3 aliphatic rings. The zero-order chi connectivity index (χ0) is 23.1. The van der Waals surface area contributed by atoms with Crippen molar-refractivity contribution in [3.63, 3.8) is 0 Å². The number of fused-ring (bicyclic) bond motifs is 4. The van der Waals surface area contributed by atoms with Crippen LogP contribution >= 0.6 is 0 Å². The molecule has 0 unspecified atom stereocenters. The molecule has 172 valence electrons. The highest BCUT2D eigenvalue weighted by atomic mass is 16.3. The number of rotatable bonds is 5. The van der Waals surface area contributed by atoms with Crippen molar-refractivity contribution < 1.29 is 14.7 Å². The number of aliphatic hydroxyl groups is 1. The summed E-state index contributed by atoms with van der Waals surface area (Å²) in [5.74, 6) is -1.58. The first kappa shape index (κ1) is 21.6. The number of nitrogens with zero attached hydrogens (tertiary/aromatic N) is 3. The highest BCUT2D eigenvalue weighted by Crippen LogP contribution is 2.49. The summed E-state index contributed by atoms with van der Waals surface area (Å²) in [6.45, 7) is 1.83. The lowest BCUT2D eigenvalue weighted by Gasteiger charge is -2.38. The molecule has 1 saturated heterocycles. The van der Waals surface area contributed by atoms with Crippen LogP contribution < -0.4 is 10.9 Å². The van der Waals surface area contributed by atoms with E-state index in [4.69, 9.17) is 0 Å². The van der Waals surface area contributed by atoms with Gasteiger partial charge in [-0.25, -0.2) is 0 Å². The normalized spacial score (nSPS) is 26.2. The number of pyridine rings is 2. The van der Waals surface area contributed by atoms with Crippen LogP contribution in [0.25, 0.3) is 6.08 Å². The van der Waals surface area contributed by atoms with Crippen molar-refractivity contribution in [2.75, 3.05) is 6.61 Å². The standard InChI is InChI=1S/C25H28N4O4/c1-2-6-15-10-11-19-22-21(23(31)27-16-7-5-8-16)17(14-30)20(13-28(19)24(15)32)29(22)25(33)18-9-3-4-12-26-18/h2-4,6,9-12,16-17,20-22,30H,5,7-8,13-14H2,1H3,(H,27,31)/b6-2-/t17-,20-,21+,22+/m0/s1. The summed E-state index contributed by atoms with van der Waals surface area (Å²) in [5, 5.41) is 13.5. The maximum absolute atomic E-state index is 13.6. The predicted octanol–water partition coefficient (Wildman–Crippen LogP) is 1.75. The summed E-state index contributed by atoms with van der Waals surface area (Å²) in [6, 6.07) is 7.71. The van der Waals surface area contributed by atoms with Crippen LogP contribution in [0.1, 0.15) is 54.0 Å². The van der Waals surface area contributed by atoms with Gasteiger partial charge in [0.1, 0.15) is 5.69 Å². The van der Waals surface area contributed by atoms with Gasteiger partial charge < -0.3 is 19.9 Å². The minimum absolute atomic E-state index is 0.136. The Morgan fingerprint density at radius 3 is 2.70 bits per heavy atom. The summed E-state index contributed by atoms with van der Waals surface area (Å²) in [5.41, 5.74) is 1.31. The van der Waals surface area contributed by atoms with Crippen molar-refractivity contribution in [2.24, 2.45) is 11.8 Å². The van der Waals surface area contributed by atoms with Crippen LogP contribution in [-0.4, -0.2) is 50.1 Å². The molecular formula is C25H28N4O4. The number of allylic oxidation sites excluding steroid dienone is 1. The van der Waals surface area contributed by atoms with Gasteiger partial charge in [-0.15, -0.1) is 0 Å². The number of hydrogen-bond donors (Lipinski definition) is 2. The van der Waals surface area contributed by atoms with Crippen molar-refractivity contribution in [2.45, 2.75) is 50.9 Å². The van der Waals surface area contributed by atoms with E-state index in [1.807, 2.05) is 19.1 Å². The van der Waals surface area contributed by atoms with E-state index in [2.05, 4.69) is 10.3 Å². The van der Waals surface area contributed by atoms with Crippen LogP contribution in [0.5, 0.6) is 0 Å². The molecular weight excluding hydrogens is 420 g/mol. The van der Waals surface area contributed by atoms with Crippen molar-refractivity contribution in [1.82, 2.24) is 19.8 Å². The lowest BCUT2D eigenvalue weighted by atomic mass is 9.85. The molecule has 2 aromatic rings. The van der Waals surface area contributed by atoms with Crippen LogP contribution in [0.2, 0.25) is 0 Å². The van der Waals surface area contributed by atoms with Crippen LogP contribution in [0.3, 0.4) is 0 Å². The molecule has 8 nitrogen and oxygen atoms in total. The van der Waals surface area contributed by atoms with E-state index in [9.17, 15) is 19.5 Å². The number of carbonyl (C=O) groups excluding carboxylic acids is 2. The van der Waals surface area contributed by atoms with E-state index in [0.29, 0.717) is 11.3 Å². The number of aliphatic hydroxyl groups excluding tert-OH is 1. The SMILES string of the molecule is C/C=C\c1ccc2n(c1=O)C[C@H]1[C@H](CO)[C@@H](C(=O)NC3CCC3)[C@@H]2N1C(=O)c1ccccn1. The lowest BCUT2D eigenvalue weighted by molar-refractivity contribution is -0.128. The maximum atomic E-state index is 13.6. The highest BCUT2D eigenvalue weighted by molar-refractivity contribution is 5.94. The minimum atomic E-state index is -0.650. The summed E-state index contributed by atoms with van der Waals surface area (Å²) >= 11 is 0. The van der Waals surface area contributed by atoms with Crippen LogP contribution in [0, 0.1) is 11.8 Å². The fourth-order valence-electron chi connectivity index (χ4n) is 5.48. The first-order valence-corrected chi connectivity index (χ1v) is 11.6. The Morgan fingerprint density at radius 2 is 2.06 bits per heavy atom. The first-order chi connectivity index (χ1) is 16.0. The summed E-state index contributed by atoms with van der Waals surface area (Å²) in [7, 11) is 0. The molecule has 1 aliphatic carbocycles. The zero-order valence-corrected chi connectivity index (χ0v) is 18.6. The van der Waals surface area contributed by atoms with Gasteiger partial charge in [0.2, 0.25) is 5.91 Å². The van der Waals surface area contributed by atoms with E-state index in [1.54, 1.807) is 46.0 Å². The minimum Gasteiger partial charge on any atom is -0.396 e. The van der Waals surface area contributed by atoms with Crippen molar-refractivity contribution in [3.8, 4) is 0 Å². The molecule has 4 atom stereocenters. The predicted molar refractivity (Wildman–Crippen MR) is 122 cm³/mol. The molecule has 0 radical (unpaired) electrons. The summed E-state index contributed by atoms with van der Waals surface area (Å²) in [6.07, 6.45) is 8.09. The van der Waals surface area contributed by atoms with Crippen LogP contribution in [0.4, 0.5) is 0 Å². The van der Waals surface area contributed by atoms with E-state index in [-0.39, 0.29) is 42.3 Å². The third-order valence-electron chi connectivity index (χ3n) is 7.29. The summed E-state index contributed by atoms with van der Waals surface area (Å²) in [4.78, 5) is 46.2. The Bertz CT molecular complexity index is 1150. The molecule has 2 fully saturated rings. The van der Waals surface area contributed by atoms with Crippen molar-refractivity contribution >= 4 is 17.9 Å². The molecule has 2 N–H and O–H groups in total. The van der Waals surface area contributed by atoms with Crippen molar-refractivity contribution in [3.05, 3.63) is 69.9 Å². The Labute approximate surface area is 191 Å². The van der Waals surface area contributed by atoms with Gasteiger partial charge in [-0.3, -0.25) is 19.4 Å². The van der Waals surface area contributed by atoms with Gasteiger partial charge in [-0.05, 0) is 50.5 Å². The van der Waals surface area contributed by atoms with Gasteiger partial charge in [0.25, 0.3) is 11.5 Å².